The lowest BCUT2D eigenvalue weighted by molar-refractivity contribution is -0.136. The summed E-state index contributed by atoms with van der Waals surface area (Å²) in [7, 11) is 0. The third-order valence-corrected chi connectivity index (χ3v) is 4.83. The molecule has 0 radical (unpaired) electrons. The van der Waals surface area contributed by atoms with Crippen LogP contribution in [0.5, 0.6) is 0 Å². The van der Waals surface area contributed by atoms with Crippen molar-refractivity contribution in [3.05, 3.63) is 57.5 Å². The summed E-state index contributed by atoms with van der Waals surface area (Å²) in [6, 6.07) is 7.74. The quantitative estimate of drug-likeness (QED) is 0.782. The fourth-order valence-electron chi connectivity index (χ4n) is 1.94. The van der Waals surface area contributed by atoms with Gasteiger partial charge in [0, 0.05) is 29.1 Å². The lowest BCUT2D eigenvalue weighted by Gasteiger charge is -1.95. The van der Waals surface area contributed by atoms with E-state index in [1.165, 1.54) is 11.3 Å². The van der Waals surface area contributed by atoms with Gasteiger partial charge in [0.1, 0.15) is 0 Å². The summed E-state index contributed by atoms with van der Waals surface area (Å²) in [5, 5.41) is 11.9. The number of carboxylic acids is 1. The Morgan fingerprint density at radius 1 is 1.29 bits per heavy atom. The van der Waals surface area contributed by atoms with Crippen LogP contribution in [0.4, 0.5) is 0 Å². The maximum Gasteiger partial charge on any atom is 0.308 e. The normalized spacial score (nSPS) is 10.7. The minimum absolute atomic E-state index is 0.0668. The molecule has 0 aliphatic carbocycles. The predicted molar refractivity (Wildman–Crippen MR) is 83.8 cm³/mol. The monoisotopic (exact) mass is 316 g/mol. The van der Waals surface area contributed by atoms with E-state index in [1.54, 1.807) is 17.5 Å². The molecule has 0 saturated carbocycles. The van der Waals surface area contributed by atoms with E-state index in [4.69, 9.17) is 5.11 Å². The van der Waals surface area contributed by atoms with Crippen LogP contribution in [-0.2, 0) is 17.6 Å². The van der Waals surface area contributed by atoms with E-state index in [2.05, 4.69) is 9.97 Å². The average molecular weight is 316 g/mol. The molecule has 0 atom stereocenters. The van der Waals surface area contributed by atoms with Crippen molar-refractivity contribution in [3.8, 4) is 10.6 Å². The molecule has 4 nitrogen and oxygen atoms in total. The number of thiophene rings is 1. The van der Waals surface area contributed by atoms with Gasteiger partial charge in [-0.2, -0.15) is 0 Å². The summed E-state index contributed by atoms with van der Waals surface area (Å²) in [5.74, 6) is -0.807. The molecule has 0 fully saturated rings. The summed E-state index contributed by atoms with van der Waals surface area (Å²) in [6.45, 7) is 0. The van der Waals surface area contributed by atoms with Crippen molar-refractivity contribution in [2.75, 3.05) is 0 Å². The Balaban J connectivity index is 1.75. The van der Waals surface area contributed by atoms with Crippen LogP contribution in [0.15, 0.2) is 42.0 Å². The Morgan fingerprint density at radius 3 is 2.95 bits per heavy atom. The van der Waals surface area contributed by atoms with Crippen molar-refractivity contribution in [2.24, 2.45) is 0 Å². The van der Waals surface area contributed by atoms with E-state index in [0.717, 1.165) is 32.4 Å². The van der Waals surface area contributed by atoms with Crippen LogP contribution in [0.1, 0.15) is 15.4 Å². The second kappa shape index (κ2) is 6.15. The van der Waals surface area contributed by atoms with Crippen LogP contribution < -0.4 is 0 Å². The Bertz CT molecular complexity index is 750. The molecule has 0 bridgehead atoms. The van der Waals surface area contributed by atoms with Crippen molar-refractivity contribution < 1.29 is 9.90 Å². The van der Waals surface area contributed by atoms with E-state index >= 15 is 0 Å². The smallest absolute Gasteiger partial charge is 0.308 e. The van der Waals surface area contributed by atoms with Crippen molar-refractivity contribution in [3.63, 3.8) is 0 Å². The lowest BCUT2D eigenvalue weighted by Crippen LogP contribution is -1.96. The van der Waals surface area contributed by atoms with Crippen LogP contribution in [0.2, 0.25) is 0 Å². The van der Waals surface area contributed by atoms with Crippen LogP contribution in [-0.4, -0.2) is 21.0 Å². The number of thiazole rings is 1. The maximum absolute atomic E-state index is 10.7. The highest BCUT2D eigenvalue weighted by atomic mass is 32.1. The zero-order valence-electron chi connectivity index (χ0n) is 11.0. The van der Waals surface area contributed by atoms with Gasteiger partial charge >= 0.3 is 5.97 Å². The highest BCUT2D eigenvalue weighted by Crippen LogP contribution is 2.30. The number of aromatic nitrogens is 2. The molecule has 3 rings (SSSR count). The van der Waals surface area contributed by atoms with Crippen molar-refractivity contribution in [2.45, 2.75) is 12.8 Å². The summed E-state index contributed by atoms with van der Waals surface area (Å²) in [5.41, 5.74) is 2.05. The molecule has 3 aromatic rings. The van der Waals surface area contributed by atoms with Crippen molar-refractivity contribution >= 4 is 28.6 Å². The molecule has 1 N–H and O–H groups in total. The summed E-state index contributed by atoms with van der Waals surface area (Å²) in [6.07, 6.45) is 4.44. The zero-order chi connectivity index (χ0) is 14.7. The molecule has 0 aliphatic heterocycles. The fourth-order valence-corrected chi connectivity index (χ4v) is 3.80. The first-order valence-electron chi connectivity index (χ1n) is 6.35. The van der Waals surface area contributed by atoms with Gasteiger partial charge in [-0.1, -0.05) is 6.07 Å². The number of carboxylic acid groups (broad SMARTS) is 1. The highest BCUT2D eigenvalue weighted by Gasteiger charge is 2.10. The minimum Gasteiger partial charge on any atom is -0.481 e. The number of pyridine rings is 1. The standard InChI is InChI=1S/C15H12N2O2S2/c18-15(19)7-11-3-4-13(21-11)12-9-20-14(17-12)6-10-2-1-5-16-8-10/h1-5,8-9H,6-7H2,(H,18,19). The average Bonchev–Trinajstić information content (AvgIpc) is 3.08. The number of aliphatic carboxylic acids is 1. The van der Waals surface area contributed by atoms with Crippen LogP contribution in [0.3, 0.4) is 0 Å². The van der Waals surface area contributed by atoms with Gasteiger partial charge in [-0.25, -0.2) is 4.98 Å². The first kappa shape index (κ1) is 13.9. The van der Waals surface area contributed by atoms with Gasteiger partial charge in [0.05, 0.1) is 22.0 Å². The lowest BCUT2D eigenvalue weighted by atomic mass is 10.2. The Labute approximate surface area is 129 Å². The van der Waals surface area contributed by atoms with Gasteiger partial charge < -0.3 is 5.11 Å². The van der Waals surface area contributed by atoms with Gasteiger partial charge in [-0.05, 0) is 23.8 Å². The first-order valence-corrected chi connectivity index (χ1v) is 8.04. The molecule has 0 unspecified atom stereocenters. The molecule has 0 aromatic carbocycles. The highest BCUT2D eigenvalue weighted by molar-refractivity contribution is 7.16. The SMILES string of the molecule is O=C(O)Cc1ccc(-c2csc(Cc3cccnc3)n2)s1. The molecule has 0 saturated heterocycles. The third kappa shape index (κ3) is 3.53. The van der Waals surface area contributed by atoms with Crippen molar-refractivity contribution in [1.29, 1.82) is 0 Å². The summed E-state index contributed by atoms with van der Waals surface area (Å²) in [4.78, 5) is 21.3. The maximum atomic E-state index is 10.7. The molecule has 6 heteroatoms. The van der Waals surface area contributed by atoms with Crippen LogP contribution in [0.25, 0.3) is 10.6 Å². The Morgan fingerprint density at radius 2 is 2.19 bits per heavy atom. The molecule has 0 aliphatic rings. The fraction of sp³-hybridized carbons (Fsp3) is 0.133. The molecular formula is C15H12N2O2S2. The number of hydrogen-bond donors (Lipinski definition) is 1. The zero-order valence-corrected chi connectivity index (χ0v) is 12.7. The molecule has 0 amide bonds. The topological polar surface area (TPSA) is 63.1 Å². The molecule has 3 heterocycles. The largest absolute Gasteiger partial charge is 0.481 e. The van der Waals surface area contributed by atoms with Gasteiger partial charge in [0.2, 0.25) is 0 Å². The summed E-state index contributed by atoms with van der Waals surface area (Å²) < 4.78 is 0. The summed E-state index contributed by atoms with van der Waals surface area (Å²) >= 11 is 3.10. The van der Waals surface area contributed by atoms with Crippen LogP contribution >= 0.6 is 22.7 Å². The van der Waals surface area contributed by atoms with Gasteiger partial charge in [-0.3, -0.25) is 9.78 Å². The number of nitrogens with zero attached hydrogens (tertiary/aromatic N) is 2. The number of hydrogen-bond acceptors (Lipinski definition) is 5. The molecule has 21 heavy (non-hydrogen) atoms. The third-order valence-electron chi connectivity index (χ3n) is 2.87. The van der Waals surface area contributed by atoms with Gasteiger partial charge in [-0.15, -0.1) is 22.7 Å². The van der Waals surface area contributed by atoms with E-state index in [9.17, 15) is 4.79 Å². The number of rotatable bonds is 5. The van der Waals surface area contributed by atoms with E-state index in [-0.39, 0.29) is 6.42 Å². The van der Waals surface area contributed by atoms with E-state index in [0.29, 0.717) is 0 Å². The Hall–Kier alpha value is -2.05. The molecule has 3 aromatic heterocycles. The van der Waals surface area contributed by atoms with Crippen LogP contribution in [0, 0.1) is 0 Å². The van der Waals surface area contributed by atoms with Crippen molar-refractivity contribution in [1.82, 2.24) is 9.97 Å². The van der Waals surface area contributed by atoms with E-state index < -0.39 is 5.97 Å². The number of carbonyl (C=O) groups is 1. The first-order chi connectivity index (χ1) is 10.2. The molecular weight excluding hydrogens is 304 g/mol. The predicted octanol–water partition coefficient (Wildman–Crippen LogP) is 3.48. The van der Waals surface area contributed by atoms with E-state index in [1.807, 2.05) is 35.8 Å². The minimum atomic E-state index is -0.807. The van der Waals surface area contributed by atoms with Gasteiger partial charge in [0.25, 0.3) is 0 Å². The van der Waals surface area contributed by atoms with Gasteiger partial charge in [0.15, 0.2) is 0 Å². The second-order valence-corrected chi connectivity index (χ2v) is 6.61. The second-order valence-electron chi connectivity index (χ2n) is 4.50. The molecule has 106 valence electrons. The Kier molecular flexibility index (Phi) is 4.08. The molecule has 0 spiro atoms.